The molecule has 4 rings (SSSR count). The largest absolute Gasteiger partial charge is 0.378 e. The molecule has 4 amide bonds. The van der Waals surface area contributed by atoms with Gasteiger partial charge in [0.1, 0.15) is 18.1 Å². The van der Waals surface area contributed by atoms with Crippen LogP contribution in [-0.4, -0.2) is 82.6 Å². The first-order valence-corrected chi connectivity index (χ1v) is 13.1. The quantitative estimate of drug-likeness (QED) is 0.380. The molecule has 1 aliphatic heterocycles. The summed E-state index contributed by atoms with van der Waals surface area (Å²) < 4.78 is 20.8. The number of carbonyl (C=O) groups is 4. The molecule has 1 aliphatic rings. The second kappa shape index (κ2) is 12.9. The number of hydrogen-bond donors (Lipinski definition) is 2. The molecule has 0 radical (unpaired) electrons. The van der Waals surface area contributed by atoms with Crippen LogP contribution in [-0.2, 0) is 27.4 Å². The molecule has 11 nitrogen and oxygen atoms in total. The van der Waals surface area contributed by atoms with Gasteiger partial charge in [-0.1, -0.05) is 23.7 Å². The second-order valence-electron chi connectivity index (χ2n) is 9.53. The maximum absolute atomic E-state index is 14.1. The second-order valence-corrected chi connectivity index (χ2v) is 9.93. The third-order valence-electron chi connectivity index (χ3n) is 6.49. The van der Waals surface area contributed by atoms with Crippen molar-refractivity contribution in [1.82, 2.24) is 24.9 Å². The first kappa shape index (κ1) is 29.0. The average Bonchev–Trinajstić information content (AvgIpc) is 3.29. The van der Waals surface area contributed by atoms with E-state index in [0.717, 1.165) is 0 Å². The first-order valence-electron chi connectivity index (χ1n) is 12.8. The Morgan fingerprint density at radius 1 is 1.20 bits per heavy atom. The third kappa shape index (κ3) is 6.75. The predicted molar refractivity (Wildman–Crippen MR) is 147 cm³/mol. The zero-order chi connectivity index (χ0) is 28.8. The van der Waals surface area contributed by atoms with Gasteiger partial charge in [-0.3, -0.25) is 19.1 Å². The number of aromatic nitrogens is 2. The Bertz CT molecular complexity index is 1420. The van der Waals surface area contributed by atoms with Crippen molar-refractivity contribution in [2.75, 3.05) is 38.2 Å². The number of fused-ring (bicyclic) bond motifs is 1. The van der Waals surface area contributed by atoms with E-state index in [2.05, 4.69) is 15.7 Å². The van der Waals surface area contributed by atoms with Gasteiger partial charge in [-0.15, -0.1) is 0 Å². The van der Waals surface area contributed by atoms with Crippen LogP contribution in [0, 0.1) is 5.82 Å². The molecule has 2 aromatic carbocycles. The summed E-state index contributed by atoms with van der Waals surface area (Å²) in [6, 6.07) is 8.88. The highest BCUT2D eigenvalue weighted by Gasteiger charge is 2.23. The van der Waals surface area contributed by atoms with Crippen molar-refractivity contribution in [3.05, 3.63) is 58.5 Å². The van der Waals surface area contributed by atoms with Gasteiger partial charge in [0.2, 0.25) is 11.8 Å². The van der Waals surface area contributed by atoms with Crippen molar-refractivity contribution < 1.29 is 28.3 Å². The number of carbonyl (C=O) groups excluding carboxylic acids is 4. The predicted octanol–water partition coefficient (Wildman–Crippen LogP) is 3.06. The van der Waals surface area contributed by atoms with Crippen LogP contribution in [0.2, 0.25) is 5.02 Å². The number of halogens is 2. The lowest BCUT2D eigenvalue weighted by Gasteiger charge is -2.27. The highest BCUT2D eigenvalue weighted by Crippen LogP contribution is 2.23. The fourth-order valence-corrected chi connectivity index (χ4v) is 4.52. The number of benzene rings is 2. The Morgan fingerprint density at radius 2 is 1.95 bits per heavy atom. The molecule has 1 saturated heterocycles. The van der Waals surface area contributed by atoms with Gasteiger partial charge >= 0.3 is 6.03 Å². The van der Waals surface area contributed by atoms with Crippen LogP contribution < -0.4 is 10.6 Å². The summed E-state index contributed by atoms with van der Waals surface area (Å²) in [5.41, 5.74) is 1.34. The van der Waals surface area contributed by atoms with Gasteiger partial charge in [-0.05, 0) is 38.1 Å². The molecule has 0 atom stereocenters. The average molecular weight is 573 g/mol. The molecule has 0 saturated carbocycles. The Kier molecular flexibility index (Phi) is 9.33. The highest BCUT2D eigenvalue weighted by molar-refractivity contribution is 6.30. The monoisotopic (exact) mass is 572 g/mol. The van der Waals surface area contributed by atoms with E-state index in [-0.39, 0.29) is 48.0 Å². The standard InChI is InChI=1S/C27H30ClFN6O5/c1-17(2)34(14-24(37)30-13-18-4-3-5-21(28)26(18)29)25(38)15-35-23-7-6-19(12-20(23)22(16-36)32-35)31-27(39)33-8-10-40-11-9-33/h3-7,12,16-17H,8-11,13-15H2,1-2H3,(H,30,37)(H,31,39). The van der Waals surface area contributed by atoms with Crippen LogP contribution >= 0.6 is 11.6 Å². The Balaban J connectivity index is 1.44. The fraction of sp³-hybridized carbons (Fsp3) is 0.370. The molecule has 0 spiro atoms. The number of aldehydes is 1. The van der Waals surface area contributed by atoms with E-state index in [9.17, 15) is 23.6 Å². The number of rotatable bonds is 9. The summed E-state index contributed by atoms with van der Waals surface area (Å²) in [4.78, 5) is 53.2. The van der Waals surface area contributed by atoms with Crippen molar-refractivity contribution in [2.24, 2.45) is 0 Å². The number of ether oxygens (including phenoxy) is 1. The molecular formula is C27H30ClFN6O5. The molecule has 40 heavy (non-hydrogen) atoms. The number of urea groups is 1. The maximum Gasteiger partial charge on any atom is 0.321 e. The number of anilines is 1. The molecular weight excluding hydrogens is 543 g/mol. The van der Waals surface area contributed by atoms with Gasteiger partial charge in [0, 0.05) is 42.3 Å². The van der Waals surface area contributed by atoms with E-state index in [0.29, 0.717) is 49.2 Å². The summed E-state index contributed by atoms with van der Waals surface area (Å²) in [5.74, 6) is -1.48. The van der Waals surface area contributed by atoms with Gasteiger partial charge < -0.3 is 25.2 Å². The number of amides is 4. The lowest BCUT2D eigenvalue weighted by atomic mass is 10.2. The van der Waals surface area contributed by atoms with Gasteiger partial charge in [-0.2, -0.15) is 5.10 Å². The van der Waals surface area contributed by atoms with Crippen molar-refractivity contribution >= 4 is 52.3 Å². The van der Waals surface area contributed by atoms with Gasteiger partial charge in [-0.25, -0.2) is 9.18 Å². The zero-order valence-corrected chi connectivity index (χ0v) is 22.9. The van der Waals surface area contributed by atoms with Crippen LogP contribution in [0.5, 0.6) is 0 Å². The summed E-state index contributed by atoms with van der Waals surface area (Å²) in [7, 11) is 0. The van der Waals surface area contributed by atoms with E-state index in [1.807, 2.05) is 0 Å². The first-order chi connectivity index (χ1) is 19.2. The van der Waals surface area contributed by atoms with E-state index in [4.69, 9.17) is 16.3 Å². The molecule has 212 valence electrons. The normalized spacial score (nSPS) is 13.4. The van der Waals surface area contributed by atoms with Crippen molar-refractivity contribution in [3.8, 4) is 0 Å². The molecule has 0 aliphatic carbocycles. The molecule has 1 aromatic heterocycles. The summed E-state index contributed by atoms with van der Waals surface area (Å²) in [5, 5.41) is 10.1. The van der Waals surface area contributed by atoms with Gasteiger partial charge in [0.15, 0.2) is 6.29 Å². The smallest absolute Gasteiger partial charge is 0.321 e. The minimum Gasteiger partial charge on any atom is -0.378 e. The van der Waals surface area contributed by atoms with E-state index >= 15 is 0 Å². The molecule has 1 fully saturated rings. The molecule has 13 heteroatoms. The Morgan fingerprint density at radius 3 is 2.65 bits per heavy atom. The molecule has 0 unspecified atom stereocenters. The van der Waals surface area contributed by atoms with Gasteiger partial charge in [0.05, 0.1) is 30.3 Å². The SMILES string of the molecule is CC(C)N(CC(=O)NCc1cccc(Cl)c1F)C(=O)Cn1nc(C=O)c2cc(NC(=O)N3CCOCC3)ccc21. The molecule has 2 N–H and O–H groups in total. The third-order valence-corrected chi connectivity index (χ3v) is 6.78. The van der Waals surface area contributed by atoms with E-state index in [1.165, 1.54) is 21.7 Å². The minimum absolute atomic E-state index is 0.0431. The minimum atomic E-state index is -0.610. The van der Waals surface area contributed by atoms with E-state index < -0.39 is 17.6 Å². The van der Waals surface area contributed by atoms with Crippen molar-refractivity contribution in [1.29, 1.82) is 0 Å². The number of hydrogen-bond acceptors (Lipinski definition) is 6. The van der Waals surface area contributed by atoms with Crippen LogP contribution in [0.15, 0.2) is 36.4 Å². The van der Waals surface area contributed by atoms with Crippen molar-refractivity contribution in [2.45, 2.75) is 33.0 Å². The molecule has 2 heterocycles. The zero-order valence-electron chi connectivity index (χ0n) is 22.2. The van der Waals surface area contributed by atoms with Crippen LogP contribution in [0.25, 0.3) is 10.9 Å². The number of nitrogens with one attached hydrogen (secondary N) is 2. The number of morpholine rings is 1. The fourth-order valence-electron chi connectivity index (χ4n) is 4.33. The lowest BCUT2D eigenvalue weighted by Crippen LogP contribution is -2.45. The highest BCUT2D eigenvalue weighted by atomic mass is 35.5. The summed E-state index contributed by atoms with van der Waals surface area (Å²) in [6.07, 6.45) is 0.583. The maximum atomic E-state index is 14.1. The Hall–Kier alpha value is -4.03. The Labute approximate surface area is 235 Å². The van der Waals surface area contributed by atoms with Crippen LogP contribution in [0.4, 0.5) is 14.9 Å². The van der Waals surface area contributed by atoms with Crippen molar-refractivity contribution in [3.63, 3.8) is 0 Å². The van der Waals surface area contributed by atoms with E-state index in [1.54, 1.807) is 43.0 Å². The summed E-state index contributed by atoms with van der Waals surface area (Å²) in [6.45, 7) is 4.88. The van der Waals surface area contributed by atoms with Crippen LogP contribution in [0.3, 0.4) is 0 Å². The topological polar surface area (TPSA) is 126 Å². The lowest BCUT2D eigenvalue weighted by molar-refractivity contribution is -0.138. The molecule has 0 bridgehead atoms. The summed E-state index contributed by atoms with van der Waals surface area (Å²) >= 11 is 5.80. The van der Waals surface area contributed by atoms with Gasteiger partial charge in [0.25, 0.3) is 0 Å². The molecule has 3 aromatic rings. The van der Waals surface area contributed by atoms with Crippen LogP contribution in [0.1, 0.15) is 29.9 Å². The number of nitrogens with zero attached hydrogens (tertiary/aromatic N) is 4.